The number of benzene rings is 1. The van der Waals surface area contributed by atoms with E-state index in [4.69, 9.17) is 4.74 Å². The minimum Gasteiger partial charge on any atom is -0.424 e. The number of para-hydroxylation sites is 1. The molecule has 0 radical (unpaired) electrons. The Morgan fingerprint density at radius 3 is 2.67 bits per heavy atom. The van der Waals surface area contributed by atoms with Crippen LogP contribution >= 0.6 is 0 Å². The second-order valence-electron chi connectivity index (χ2n) is 4.18. The van der Waals surface area contributed by atoms with Crippen LogP contribution in [0.4, 0.5) is 0 Å². The summed E-state index contributed by atoms with van der Waals surface area (Å²) in [4.78, 5) is 8.66. The van der Waals surface area contributed by atoms with Crippen LogP contribution in [0.3, 0.4) is 0 Å². The van der Waals surface area contributed by atoms with Crippen LogP contribution in [0.5, 0.6) is 11.8 Å². The third-order valence-electron chi connectivity index (χ3n) is 2.54. The first-order chi connectivity index (χ1) is 8.69. The summed E-state index contributed by atoms with van der Waals surface area (Å²) >= 11 is 0. The molecular weight excluding hydrogens is 226 g/mol. The minimum atomic E-state index is 0.398. The van der Waals surface area contributed by atoms with Crippen molar-refractivity contribution in [3.63, 3.8) is 0 Å². The van der Waals surface area contributed by atoms with Gasteiger partial charge in [0.2, 0.25) is 0 Å². The van der Waals surface area contributed by atoms with Gasteiger partial charge in [-0.2, -0.15) is 4.98 Å². The summed E-state index contributed by atoms with van der Waals surface area (Å²) in [6.45, 7) is 4.64. The maximum absolute atomic E-state index is 5.73. The molecule has 0 atom stereocenters. The van der Waals surface area contributed by atoms with E-state index in [1.165, 1.54) is 0 Å². The molecule has 0 unspecified atom stereocenters. The van der Waals surface area contributed by atoms with E-state index < -0.39 is 0 Å². The van der Waals surface area contributed by atoms with Crippen LogP contribution in [-0.4, -0.2) is 17.0 Å². The molecule has 0 aliphatic rings. The molecule has 4 nitrogen and oxygen atoms in total. The van der Waals surface area contributed by atoms with Gasteiger partial charge in [0.05, 0.1) is 5.69 Å². The molecule has 0 aliphatic carbocycles. The van der Waals surface area contributed by atoms with Crippen LogP contribution < -0.4 is 10.1 Å². The molecule has 0 bridgehead atoms. The Hall–Kier alpha value is -1.94. The van der Waals surface area contributed by atoms with Crippen LogP contribution in [0.1, 0.15) is 17.0 Å². The molecule has 0 saturated heterocycles. The lowest BCUT2D eigenvalue weighted by atomic mass is 10.2. The molecule has 1 aromatic carbocycles. The summed E-state index contributed by atoms with van der Waals surface area (Å²) in [5, 5.41) is 3.07. The Morgan fingerprint density at radius 1 is 1.17 bits per heavy atom. The van der Waals surface area contributed by atoms with E-state index in [1.54, 1.807) is 0 Å². The summed E-state index contributed by atoms with van der Waals surface area (Å²) in [7, 11) is 1.89. The smallest absolute Gasteiger partial charge is 0.322 e. The van der Waals surface area contributed by atoms with E-state index in [1.807, 2.05) is 51.2 Å². The fraction of sp³-hybridized carbons (Fsp3) is 0.286. The monoisotopic (exact) mass is 243 g/mol. The van der Waals surface area contributed by atoms with Gasteiger partial charge in [-0.05, 0) is 38.6 Å². The number of nitrogens with one attached hydrogen (secondary N) is 1. The summed E-state index contributed by atoms with van der Waals surface area (Å²) in [5.41, 5.74) is 2.89. The Morgan fingerprint density at radius 2 is 1.94 bits per heavy atom. The first-order valence-electron chi connectivity index (χ1n) is 5.91. The highest BCUT2D eigenvalue weighted by atomic mass is 16.5. The van der Waals surface area contributed by atoms with Crippen molar-refractivity contribution in [3.05, 3.63) is 47.3 Å². The van der Waals surface area contributed by atoms with Crippen molar-refractivity contribution in [1.29, 1.82) is 0 Å². The Kier molecular flexibility index (Phi) is 3.89. The summed E-state index contributed by atoms with van der Waals surface area (Å²) in [5.74, 6) is 0.790. The van der Waals surface area contributed by atoms with Crippen LogP contribution in [0.2, 0.25) is 0 Å². The average Bonchev–Trinajstić information content (AvgIpc) is 2.32. The molecule has 0 fully saturated rings. The number of hydrogen-bond donors (Lipinski definition) is 1. The standard InChI is InChI=1S/C14H17N3O/c1-10-6-4-5-7-13(10)18-14-16-11(2)8-12(17-14)9-15-3/h4-8,15H,9H2,1-3H3. The normalized spacial score (nSPS) is 10.4. The largest absolute Gasteiger partial charge is 0.424 e. The zero-order valence-electron chi connectivity index (χ0n) is 10.9. The van der Waals surface area contributed by atoms with Crippen LogP contribution in [0, 0.1) is 13.8 Å². The van der Waals surface area contributed by atoms with Gasteiger partial charge in [0.1, 0.15) is 5.75 Å². The molecule has 0 saturated carbocycles. The highest BCUT2D eigenvalue weighted by Crippen LogP contribution is 2.22. The van der Waals surface area contributed by atoms with E-state index in [2.05, 4.69) is 15.3 Å². The van der Waals surface area contributed by atoms with E-state index in [-0.39, 0.29) is 0 Å². The number of rotatable bonds is 4. The number of nitrogens with zero attached hydrogens (tertiary/aromatic N) is 2. The predicted molar refractivity (Wildman–Crippen MR) is 70.8 cm³/mol. The van der Waals surface area contributed by atoms with Crippen molar-refractivity contribution in [2.75, 3.05) is 7.05 Å². The molecule has 0 aliphatic heterocycles. The zero-order chi connectivity index (χ0) is 13.0. The Bertz CT molecular complexity index is 540. The van der Waals surface area contributed by atoms with Gasteiger partial charge in [0.25, 0.3) is 0 Å². The van der Waals surface area contributed by atoms with Gasteiger partial charge in [-0.3, -0.25) is 0 Å². The van der Waals surface area contributed by atoms with Gasteiger partial charge in [-0.25, -0.2) is 4.98 Å². The van der Waals surface area contributed by atoms with Crippen molar-refractivity contribution in [2.45, 2.75) is 20.4 Å². The first kappa shape index (κ1) is 12.5. The highest BCUT2D eigenvalue weighted by molar-refractivity contribution is 5.34. The molecule has 1 aromatic heterocycles. The van der Waals surface area contributed by atoms with Gasteiger partial charge in [-0.1, -0.05) is 18.2 Å². The average molecular weight is 243 g/mol. The third-order valence-corrected chi connectivity index (χ3v) is 2.54. The minimum absolute atomic E-state index is 0.398. The van der Waals surface area contributed by atoms with Gasteiger partial charge in [-0.15, -0.1) is 0 Å². The van der Waals surface area contributed by atoms with Crippen LogP contribution in [0.25, 0.3) is 0 Å². The van der Waals surface area contributed by atoms with Crippen molar-refractivity contribution >= 4 is 0 Å². The topological polar surface area (TPSA) is 47.0 Å². The van der Waals surface area contributed by atoms with Crippen LogP contribution in [-0.2, 0) is 6.54 Å². The Balaban J connectivity index is 2.26. The van der Waals surface area contributed by atoms with Crippen molar-refractivity contribution in [2.24, 2.45) is 0 Å². The molecule has 4 heteroatoms. The molecule has 18 heavy (non-hydrogen) atoms. The van der Waals surface area contributed by atoms with E-state index >= 15 is 0 Å². The fourth-order valence-electron chi connectivity index (χ4n) is 1.69. The molecule has 94 valence electrons. The molecule has 0 spiro atoms. The second kappa shape index (κ2) is 5.60. The number of aryl methyl sites for hydroxylation is 2. The van der Waals surface area contributed by atoms with Crippen LogP contribution in [0.15, 0.2) is 30.3 Å². The predicted octanol–water partition coefficient (Wildman–Crippen LogP) is 2.61. The van der Waals surface area contributed by atoms with Gasteiger partial charge in [0, 0.05) is 12.2 Å². The molecule has 1 heterocycles. The van der Waals surface area contributed by atoms with E-state index in [0.29, 0.717) is 12.6 Å². The molecule has 1 N–H and O–H groups in total. The maximum atomic E-state index is 5.73. The number of ether oxygens (including phenoxy) is 1. The van der Waals surface area contributed by atoms with E-state index in [9.17, 15) is 0 Å². The first-order valence-corrected chi connectivity index (χ1v) is 5.91. The van der Waals surface area contributed by atoms with Gasteiger partial charge in [0.15, 0.2) is 0 Å². The van der Waals surface area contributed by atoms with Gasteiger partial charge < -0.3 is 10.1 Å². The zero-order valence-corrected chi connectivity index (χ0v) is 10.9. The molecule has 0 amide bonds. The number of hydrogen-bond acceptors (Lipinski definition) is 4. The third kappa shape index (κ3) is 3.05. The maximum Gasteiger partial charge on any atom is 0.322 e. The fourth-order valence-corrected chi connectivity index (χ4v) is 1.69. The quantitative estimate of drug-likeness (QED) is 0.896. The SMILES string of the molecule is CNCc1cc(C)nc(Oc2ccccc2C)n1. The van der Waals surface area contributed by atoms with Crippen molar-refractivity contribution < 1.29 is 4.74 Å². The van der Waals surface area contributed by atoms with Crippen molar-refractivity contribution in [3.8, 4) is 11.8 Å². The summed E-state index contributed by atoms with van der Waals surface area (Å²) in [6.07, 6.45) is 0. The summed E-state index contributed by atoms with van der Waals surface area (Å²) < 4.78 is 5.73. The van der Waals surface area contributed by atoms with E-state index in [0.717, 1.165) is 22.7 Å². The summed E-state index contributed by atoms with van der Waals surface area (Å²) in [6, 6.07) is 10.2. The molecular formula is C14H17N3O. The lowest BCUT2D eigenvalue weighted by Crippen LogP contribution is -2.08. The second-order valence-corrected chi connectivity index (χ2v) is 4.18. The lowest BCUT2D eigenvalue weighted by molar-refractivity contribution is 0.434. The molecule has 2 aromatic rings. The van der Waals surface area contributed by atoms with Crippen molar-refractivity contribution in [1.82, 2.24) is 15.3 Å². The van der Waals surface area contributed by atoms with Gasteiger partial charge >= 0.3 is 6.01 Å². The Labute approximate surface area is 107 Å². The lowest BCUT2D eigenvalue weighted by Gasteiger charge is -2.08. The highest BCUT2D eigenvalue weighted by Gasteiger charge is 2.05. The number of aromatic nitrogens is 2. The molecule has 2 rings (SSSR count).